The van der Waals surface area contributed by atoms with Gasteiger partial charge in [-0.1, -0.05) is 11.6 Å². The van der Waals surface area contributed by atoms with Crippen LogP contribution in [0.3, 0.4) is 0 Å². The SMILES string of the molecule is COc1c(-c2ccc(O[C@]3(O)C(=O)c4c(O)cc(O)cc4O[C@@]3(O)c3ccc(O)c(O)c3)c(O)c2CC=C(C)C)oc2cc(O)cc(O)c2c1=O. The lowest BCUT2D eigenvalue weighted by Crippen LogP contribution is -2.66. The van der Waals surface area contributed by atoms with Gasteiger partial charge in [-0.2, -0.15) is 0 Å². The summed E-state index contributed by atoms with van der Waals surface area (Å²) in [6.07, 6.45) is 1.59. The molecule has 0 bridgehead atoms. The second kappa shape index (κ2) is 12.1. The molecule has 0 amide bonds. The number of phenolic OH excluding ortho intramolecular Hbond substituents is 7. The highest BCUT2D eigenvalue weighted by molar-refractivity contribution is 6.08. The van der Waals surface area contributed by atoms with E-state index in [1.54, 1.807) is 19.9 Å². The standard InChI is InChI=1S/C36H30O15/c1-15(2)4-6-19-20(32-33(48-3)31(44)28-23(41)11-17(37)13-26(28)49-32)7-9-25(30(19)43)50-36(47)34(45)29-24(42)12-18(38)14-27(29)51-35(36,46)16-5-8-21(39)22(40)10-16/h4-5,7-14,37-43,46-47H,6H2,1-3H3/t35-,36+/m0/s1. The highest BCUT2D eigenvalue weighted by atomic mass is 16.7. The molecule has 264 valence electrons. The van der Waals surface area contributed by atoms with Crippen LogP contribution in [0.5, 0.6) is 57.5 Å². The molecule has 9 N–H and O–H groups in total. The molecule has 0 saturated heterocycles. The summed E-state index contributed by atoms with van der Waals surface area (Å²) in [5.74, 6) is -14.9. The maximum Gasteiger partial charge on any atom is 0.345 e. The van der Waals surface area contributed by atoms with Crippen LogP contribution in [0.2, 0.25) is 0 Å². The van der Waals surface area contributed by atoms with E-state index in [2.05, 4.69) is 0 Å². The van der Waals surface area contributed by atoms with Crippen LogP contribution in [0.25, 0.3) is 22.3 Å². The number of carbonyl (C=O) groups excluding carboxylic acids is 1. The minimum atomic E-state index is -3.56. The Morgan fingerprint density at radius 3 is 2.18 bits per heavy atom. The van der Waals surface area contributed by atoms with Crippen LogP contribution in [0.4, 0.5) is 0 Å². The van der Waals surface area contributed by atoms with Crippen molar-refractivity contribution in [2.45, 2.75) is 31.8 Å². The van der Waals surface area contributed by atoms with Crippen LogP contribution in [-0.4, -0.2) is 64.6 Å². The number of Topliss-reactive ketones (excluding diaryl/α,β-unsaturated/α-hetero) is 1. The Bertz CT molecular complexity index is 2350. The smallest absolute Gasteiger partial charge is 0.345 e. The molecule has 15 heteroatoms. The highest BCUT2D eigenvalue weighted by Crippen LogP contribution is 2.51. The van der Waals surface area contributed by atoms with Gasteiger partial charge in [-0.05, 0) is 50.6 Å². The Hall–Kier alpha value is -6.58. The number of allylic oxidation sites excluding steroid dienone is 2. The molecule has 51 heavy (non-hydrogen) atoms. The number of hydrogen-bond acceptors (Lipinski definition) is 15. The molecule has 0 fully saturated rings. The topological polar surface area (TPSA) is 257 Å². The lowest BCUT2D eigenvalue weighted by atomic mass is 9.86. The van der Waals surface area contributed by atoms with Crippen LogP contribution in [-0.2, 0) is 12.2 Å². The van der Waals surface area contributed by atoms with Crippen molar-refractivity contribution < 1.29 is 69.4 Å². The van der Waals surface area contributed by atoms with Crippen LogP contribution in [0, 0.1) is 0 Å². The maximum absolute atomic E-state index is 14.0. The average molecular weight is 703 g/mol. The van der Waals surface area contributed by atoms with Crippen molar-refractivity contribution in [3.63, 3.8) is 0 Å². The van der Waals surface area contributed by atoms with Crippen LogP contribution in [0.1, 0.15) is 35.3 Å². The zero-order chi connectivity index (χ0) is 37.2. The third kappa shape index (κ3) is 5.40. The summed E-state index contributed by atoms with van der Waals surface area (Å²) in [7, 11) is 1.17. The first-order valence-electron chi connectivity index (χ1n) is 15.0. The number of benzene rings is 4. The van der Waals surface area contributed by atoms with Crippen molar-refractivity contribution in [2.75, 3.05) is 7.11 Å². The molecular weight excluding hydrogens is 672 g/mol. The maximum atomic E-state index is 14.0. The van der Waals surface area contributed by atoms with Gasteiger partial charge in [0.05, 0.1) is 7.11 Å². The summed E-state index contributed by atoms with van der Waals surface area (Å²) in [5.41, 5.74) is -1.52. The van der Waals surface area contributed by atoms with Gasteiger partial charge in [0, 0.05) is 41.0 Å². The van der Waals surface area contributed by atoms with Gasteiger partial charge < -0.3 is 64.6 Å². The normalized spacial score (nSPS) is 18.2. The molecule has 5 aromatic rings. The van der Waals surface area contributed by atoms with Crippen LogP contribution >= 0.6 is 0 Å². The number of ketones is 1. The largest absolute Gasteiger partial charge is 0.508 e. The van der Waals surface area contributed by atoms with Crippen molar-refractivity contribution in [1.29, 1.82) is 0 Å². The molecule has 0 saturated carbocycles. The van der Waals surface area contributed by atoms with Crippen molar-refractivity contribution in [3.8, 4) is 68.8 Å². The van der Waals surface area contributed by atoms with E-state index in [1.165, 1.54) is 13.2 Å². The molecule has 2 atom stereocenters. The Labute approximate surface area is 286 Å². The quantitative estimate of drug-likeness (QED) is 0.0657. The molecule has 0 radical (unpaired) electrons. The van der Waals surface area contributed by atoms with E-state index in [0.717, 1.165) is 54.1 Å². The number of aromatic hydroxyl groups is 7. The minimum absolute atomic E-state index is 0.0226. The van der Waals surface area contributed by atoms with Crippen molar-refractivity contribution >= 4 is 16.8 Å². The zero-order valence-corrected chi connectivity index (χ0v) is 27.0. The fourth-order valence-corrected chi connectivity index (χ4v) is 5.76. The summed E-state index contributed by atoms with van der Waals surface area (Å²) in [5, 5.41) is 96.6. The molecule has 0 aliphatic carbocycles. The Morgan fingerprint density at radius 2 is 1.51 bits per heavy atom. The van der Waals surface area contributed by atoms with Gasteiger partial charge in [0.1, 0.15) is 45.3 Å². The number of carbonyl (C=O) groups is 1. The molecule has 1 aliphatic rings. The van der Waals surface area contributed by atoms with Gasteiger partial charge in [-0.25, -0.2) is 0 Å². The fourth-order valence-electron chi connectivity index (χ4n) is 5.76. The monoisotopic (exact) mass is 702 g/mol. The van der Waals surface area contributed by atoms with Gasteiger partial charge >= 0.3 is 11.6 Å². The second-order valence-corrected chi connectivity index (χ2v) is 11.9. The van der Waals surface area contributed by atoms with Gasteiger partial charge in [0.2, 0.25) is 17.0 Å². The Morgan fingerprint density at radius 1 is 0.824 bits per heavy atom. The van der Waals surface area contributed by atoms with Crippen molar-refractivity contribution in [3.05, 3.63) is 93.2 Å². The molecule has 0 spiro atoms. The number of methoxy groups -OCH3 is 1. The molecule has 0 unspecified atom stereocenters. The van der Waals surface area contributed by atoms with Crippen LogP contribution < -0.4 is 19.6 Å². The summed E-state index contributed by atoms with van der Waals surface area (Å²) < 4.78 is 22.6. The number of phenols is 7. The van der Waals surface area contributed by atoms with Gasteiger partial charge in [0.15, 0.2) is 28.8 Å². The Kier molecular flexibility index (Phi) is 8.12. The third-order valence-electron chi connectivity index (χ3n) is 8.27. The van der Waals surface area contributed by atoms with Crippen LogP contribution in [0.15, 0.2) is 75.5 Å². The molecule has 4 aromatic carbocycles. The molecule has 2 heterocycles. The van der Waals surface area contributed by atoms with Gasteiger partial charge in [-0.3, -0.25) is 9.59 Å². The number of rotatable bonds is 7. The summed E-state index contributed by atoms with van der Waals surface area (Å²) >= 11 is 0. The highest BCUT2D eigenvalue weighted by Gasteiger charge is 2.66. The third-order valence-corrected chi connectivity index (χ3v) is 8.27. The van der Waals surface area contributed by atoms with Gasteiger partial charge in [0.25, 0.3) is 0 Å². The zero-order valence-electron chi connectivity index (χ0n) is 27.0. The number of ether oxygens (including phenoxy) is 3. The van der Waals surface area contributed by atoms with Crippen molar-refractivity contribution in [2.24, 2.45) is 0 Å². The minimum Gasteiger partial charge on any atom is -0.508 e. The Balaban J connectivity index is 1.59. The van der Waals surface area contributed by atoms with E-state index in [0.29, 0.717) is 0 Å². The lowest BCUT2D eigenvalue weighted by molar-refractivity contribution is -0.316. The number of fused-ring (bicyclic) bond motifs is 2. The van der Waals surface area contributed by atoms with E-state index >= 15 is 0 Å². The molecule has 15 nitrogen and oxygen atoms in total. The first kappa shape index (κ1) is 34.3. The molecule has 6 rings (SSSR count). The predicted octanol–water partition coefficient (Wildman–Crippen LogP) is 4.10. The van der Waals surface area contributed by atoms with E-state index in [-0.39, 0.29) is 40.0 Å². The first-order valence-corrected chi connectivity index (χ1v) is 15.0. The van der Waals surface area contributed by atoms with E-state index < -0.39 is 85.7 Å². The van der Waals surface area contributed by atoms with Gasteiger partial charge in [-0.15, -0.1) is 0 Å². The molecular formula is C36H30O15. The van der Waals surface area contributed by atoms with E-state index in [4.69, 9.17) is 18.6 Å². The lowest BCUT2D eigenvalue weighted by Gasteiger charge is -2.44. The predicted molar refractivity (Wildman–Crippen MR) is 177 cm³/mol. The number of aliphatic hydroxyl groups is 2. The fraction of sp³-hybridized carbons (Fsp3) is 0.167. The summed E-state index contributed by atoms with van der Waals surface area (Å²) in [6, 6.07) is 8.65. The summed E-state index contributed by atoms with van der Waals surface area (Å²) in [6.45, 7) is 3.52. The van der Waals surface area contributed by atoms with Crippen molar-refractivity contribution in [1.82, 2.24) is 0 Å². The first-order chi connectivity index (χ1) is 24.0. The second-order valence-electron chi connectivity index (χ2n) is 11.9. The average Bonchev–Trinajstić information content (AvgIpc) is 3.04. The molecule has 1 aromatic heterocycles. The number of hydrogen-bond donors (Lipinski definition) is 9. The summed E-state index contributed by atoms with van der Waals surface area (Å²) in [4.78, 5) is 27.5. The molecule has 1 aliphatic heterocycles. The van der Waals surface area contributed by atoms with E-state index in [1.807, 2.05) is 0 Å². The van der Waals surface area contributed by atoms with E-state index in [9.17, 15) is 55.5 Å².